The molecule has 0 fully saturated rings. The van der Waals surface area contributed by atoms with E-state index < -0.39 is 0 Å². The number of benzene rings is 2. The van der Waals surface area contributed by atoms with E-state index in [0.29, 0.717) is 10.7 Å². The van der Waals surface area contributed by atoms with E-state index in [1.165, 1.54) is 16.9 Å². The van der Waals surface area contributed by atoms with Gasteiger partial charge in [-0.15, -0.1) is 11.3 Å². The molecule has 27 heavy (non-hydrogen) atoms. The van der Waals surface area contributed by atoms with Crippen LogP contribution < -0.4 is 10.2 Å². The van der Waals surface area contributed by atoms with Gasteiger partial charge in [-0.05, 0) is 37.1 Å². The fraction of sp³-hybridized carbons (Fsp3) is 0.190. The Bertz CT molecular complexity index is 1020. The number of carbonyl (C=O) groups excluding carboxylic acids is 2. The minimum atomic E-state index is -0.174. The number of rotatable bonds is 3. The van der Waals surface area contributed by atoms with Crippen LogP contribution in [0.2, 0.25) is 0 Å². The summed E-state index contributed by atoms with van der Waals surface area (Å²) in [7, 11) is 0. The average Bonchev–Trinajstić information content (AvgIpc) is 3.28. The summed E-state index contributed by atoms with van der Waals surface area (Å²) in [5.41, 5.74) is 5.58. The van der Waals surface area contributed by atoms with Crippen LogP contribution in [0.5, 0.6) is 0 Å². The molecule has 0 aliphatic carbocycles. The van der Waals surface area contributed by atoms with Crippen LogP contribution in [0.4, 0.5) is 10.8 Å². The number of amides is 2. The molecule has 3 aromatic rings. The number of hydrogen-bond donors (Lipinski definition) is 1. The van der Waals surface area contributed by atoms with Gasteiger partial charge in [0.05, 0.1) is 5.69 Å². The van der Waals surface area contributed by atoms with Crippen LogP contribution >= 0.6 is 11.3 Å². The van der Waals surface area contributed by atoms with E-state index in [1.807, 2.05) is 36.6 Å². The van der Waals surface area contributed by atoms with Crippen molar-refractivity contribution in [1.82, 2.24) is 4.98 Å². The van der Waals surface area contributed by atoms with Crippen molar-refractivity contribution in [3.63, 3.8) is 0 Å². The van der Waals surface area contributed by atoms with Gasteiger partial charge in [0.25, 0.3) is 5.91 Å². The molecule has 1 aliphatic rings. The second-order valence-electron chi connectivity index (χ2n) is 6.62. The Balaban J connectivity index is 1.55. The molecule has 2 amide bonds. The molecule has 5 nitrogen and oxygen atoms in total. The Kier molecular flexibility index (Phi) is 4.49. The largest absolute Gasteiger partial charge is 0.312 e. The lowest BCUT2D eigenvalue weighted by Crippen LogP contribution is -2.25. The first-order valence-electron chi connectivity index (χ1n) is 8.76. The van der Waals surface area contributed by atoms with E-state index >= 15 is 0 Å². The molecule has 6 heteroatoms. The van der Waals surface area contributed by atoms with E-state index in [2.05, 4.69) is 16.4 Å². The van der Waals surface area contributed by atoms with Crippen molar-refractivity contribution in [2.75, 3.05) is 16.8 Å². The number of fused-ring (bicyclic) bond motifs is 1. The molecule has 0 spiro atoms. The van der Waals surface area contributed by atoms with Gasteiger partial charge in [-0.25, -0.2) is 4.98 Å². The van der Waals surface area contributed by atoms with Crippen LogP contribution in [0, 0.1) is 6.92 Å². The molecule has 2 aromatic carbocycles. The molecule has 1 aliphatic heterocycles. The van der Waals surface area contributed by atoms with E-state index in [4.69, 9.17) is 0 Å². The smallest absolute Gasteiger partial charge is 0.257 e. The number of anilines is 2. The van der Waals surface area contributed by atoms with Crippen LogP contribution in [-0.2, 0) is 11.2 Å². The van der Waals surface area contributed by atoms with Crippen LogP contribution in [-0.4, -0.2) is 23.3 Å². The number of nitrogens with one attached hydrogen (secondary N) is 1. The van der Waals surface area contributed by atoms with Gasteiger partial charge in [0.2, 0.25) is 5.91 Å². The maximum Gasteiger partial charge on any atom is 0.257 e. The van der Waals surface area contributed by atoms with Gasteiger partial charge in [0, 0.05) is 35.7 Å². The summed E-state index contributed by atoms with van der Waals surface area (Å²) in [6.45, 7) is 4.30. The van der Waals surface area contributed by atoms with Crippen molar-refractivity contribution in [2.45, 2.75) is 20.3 Å². The lowest BCUT2D eigenvalue weighted by Gasteiger charge is -2.15. The highest BCUT2D eigenvalue weighted by Crippen LogP contribution is 2.34. The van der Waals surface area contributed by atoms with Crippen molar-refractivity contribution in [1.29, 1.82) is 0 Å². The Morgan fingerprint density at radius 3 is 2.67 bits per heavy atom. The van der Waals surface area contributed by atoms with Gasteiger partial charge in [0.15, 0.2) is 5.13 Å². The number of carbonyl (C=O) groups is 2. The van der Waals surface area contributed by atoms with Gasteiger partial charge >= 0.3 is 0 Å². The molecule has 4 rings (SSSR count). The highest BCUT2D eigenvalue weighted by molar-refractivity contribution is 7.14. The summed E-state index contributed by atoms with van der Waals surface area (Å²) in [6, 6.07) is 13.5. The van der Waals surface area contributed by atoms with Crippen molar-refractivity contribution >= 4 is 34.0 Å². The Hall–Kier alpha value is -2.99. The van der Waals surface area contributed by atoms with Gasteiger partial charge in [-0.1, -0.05) is 29.8 Å². The van der Waals surface area contributed by atoms with Gasteiger partial charge in [0.1, 0.15) is 0 Å². The highest BCUT2D eigenvalue weighted by atomic mass is 32.1. The SMILES string of the molecule is CC(=O)N1CCc2ccc(-c3csc(NC(=O)c4ccc(C)cc4)n3)cc21. The molecule has 2 heterocycles. The molecule has 0 radical (unpaired) electrons. The number of aryl methyl sites for hydroxylation is 1. The van der Waals surface area contributed by atoms with Crippen molar-refractivity contribution in [3.8, 4) is 11.3 Å². The normalized spacial score (nSPS) is 12.7. The Labute approximate surface area is 161 Å². The van der Waals surface area contributed by atoms with E-state index in [-0.39, 0.29) is 11.8 Å². The van der Waals surface area contributed by atoms with Crippen LogP contribution in [0.3, 0.4) is 0 Å². The fourth-order valence-corrected chi connectivity index (χ4v) is 3.92. The maximum absolute atomic E-state index is 12.4. The molecule has 0 unspecified atom stereocenters. The summed E-state index contributed by atoms with van der Waals surface area (Å²) >= 11 is 1.39. The van der Waals surface area contributed by atoms with Crippen LogP contribution in [0.15, 0.2) is 47.8 Å². The third kappa shape index (κ3) is 3.48. The highest BCUT2D eigenvalue weighted by Gasteiger charge is 2.22. The molecule has 0 atom stereocenters. The van der Waals surface area contributed by atoms with E-state index in [9.17, 15) is 9.59 Å². The molecule has 0 saturated carbocycles. The second kappa shape index (κ2) is 6.96. The third-order valence-corrected chi connectivity index (χ3v) is 5.45. The standard InChI is InChI=1S/C21H19N3O2S/c1-13-3-5-16(6-4-13)20(26)23-21-22-18(12-27-21)17-8-7-15-9-10-24(14(2)25)19(15)11-17/h3-8,11-12H,9-10H2,1-2H3,(H,22,23,26). The Morgan fingerprint density at radius 2 is 1.93 bits per heavy atom. The van der Waals surface area contributed by atoms with E-state index in [0.717, 1.165) is 35.5 Å². The first-order valence-corrected chi connectivity index (χ1v) is 9.64. The zero-order valence-corrected chi connectivity index (χ0v) is 16.0. The second-order valence-corrected chi connectivity index (χ2v) is 7.48. The first-order chi connectivity index (χ1) is 13.0. The summed E-state index contributed by atoms with van der Waals surface area (Å²) in [5.74, 6) is -0.122. The first kappa shape index (κ1) is 17.4. The fourth-order valence-electron chi connectivity index (χ4n) is 3.20. The average molecular weight is 377 g/mol. The van der Waals surface area contributed by atoms with Gasteiger partial charge in [-0.2, -0.15) is 0 Å². The van der Waals surface area contributed by atoms with Crippen LogP contribution in [0.25, 0.3) is 11.3 Å². The third-order valence-electron chi connectivity index (χ3n) is 4.70. The summed E-state index contributed by atoms with van der Waals surface area (Å²) in [4.78, 5) is 30.5. The summed E-state index contributed by atoms with van der Waals surface area (Å²) in [5, 5.41) is 5.32. The molecule has 0 saturated heterocycles. The van der Waals surface area contributed by atoms with Crippen LogP contribution in [0.1, 0.15) is 28.4 Å². The number of nitrogens with zero attached hydrogens (tertiary/aromatic N) is 2. The quantitative estimate of drug-likeness (QED) is 0.741. The molecule has 1 aromatic heterocycles. The van der Waals surface area contributed by atoms with Crippen molar-refractivity contribution in [2.24, 2.45) is 0 Å². The van der Waals surface area contributed by atoms with Crippen molar-refractivity contribution in [3.05, 3.63) is 64.5 Å². The zero-order chi connectivity index (χ0) is 19.0. The Morgan fingerprint density at radius 1 is 1.15 bits per heavy atom. The molecule has 136 valence electrons. The lowest BCUT2D eigenvalue weighted by atomic mass is 10.1. The minimum Gasteiger partial charge on any atom is -0.312 e. The minimum absolute atomic E-state index is 0.0511. The zero-order valence-electron chi connectivity index (χ0n) is 15.2. The predicted molar refractivity (Wildman–Crippen MR) is 108 cm³/mol. The monoisotopic (exact) mass is 377 g/mol. The molecule has 0 bridgehead atoms. The van der Waals surface area contributed by atoms with E-state index in [1.54, 1.807) is 24.0 Å². The molecular formula is C21H19N3O2S. The summed E-state index contributed by atoms with van der Waals surface area (Å²) in [6.07, 6.45) is 0.879. The topological polar surface area (TPSA) is 62.3 Å². The predicted octanol–water partition coefficient (Wildman–Crippen LogP) is 4.28. The van der Waals surface area contributed by atoms with Gasteiger partial charge in [-0.3, -0.25) is 14.9 Å². The number of aromatic nitrogens is 1. The lowest BCUT2D eigenvalue weighted by molar-refractivity contribution is -0.116. The van der Waals surface area contributed by atoms with Gasteiger partial charge < -0.3 is 4.90 Å². The molecular weight excluding hydrogens is 358 g/mol. The maximum atomic E-state index is 12.4. The van der Waals surface area contributed by atoms with Crippen molar-refractivity contribution < 1.29 is 9.59 Å². The summed E-state index contributed by atoms with van der Waals surface area (Å²) < 4.78 is 0. The number of hydrogen-bond acceptors (Lipinski definition) is 4. The molecule has 1 N–H and O–H groups in total. The number of thiazole rings is 1.